The molecule has 4 nitrogen and oxygen atoms in total. The van der Waals surface area contributed by atoms with Crippen molar-refractivity contribution in [3.05, 3.63) is 34.4 Å². The van der Waals surface area contributed by atoms with Crippen molar-refractivity contribution in [1.82, 2.24) is 0 Å². The quantitative estimate of drug-likeness (QED) is 0.620. The Hall–Kier alpha value is -1.58. The third kappa shape index (κ3) is 3.11. The van der Waals surface area contributed by atoms with E-state index in [0.717, 1.165) is 0 Å². The Morgan fingerprint density at radius 3 is 2.54 bits per heavy atom. The van der Waals surface area contributed by atoms with Crippen LogP contribution in [0.5, 0.6) is 0 Å². The molecule has 0 fully saturated rings. The molecule has 72 valence electrons. The highest BCUT2D eigenvalue weighted by molar-refractivity contribution is 5.88. The summed E-state index contributed by atoms with van der Waals surface area (Å²) in [7, 11) is 1.20. The molecule has 0 atom stereocenters. The fourth-order valence-corrected chi connectivity index (χ4v) is 0.629. The van der Waals surface area contributed by atoms with Crippen molar-refractivity contribution in [2.24, 2.45) is 0 Å². The fourth-order valence-electron chi connectivity index (χ4n) is 0.629. The van der Waals surface area contributed by atoms with E-state index in [-0.39, 0.29) is 5.56 Å². The number of rotatable bonds is 1. The lowest BCUT2D eigenvalue weighted by Crippen LogP contribution is -2.14. The van der Waals surface area contributed by atoms with Crippen LogP contribution < -0.4 is 5.63 Å². The molecule has 0 aliphatic heterocycles. The molecular formula is C9H12O4. The van der Waals surface area contributed by atoms with Gasteiger partial charge in [-0.3, -0.25) is 0 Å². The zero-order valence-electron chi connectivity index (χ0n) is 7.87. The Balaban J connectivity index is 0.000000671. The van der Waals surface area contributed by atoms with Gasteiger partial charge in [-0.05, 0) is 12.1 Å². The summed E-state index contributed by atoms with van der Waals surface area (Å²) >= 11 is 0. The maximum absolute atomic E-state index is 10.8. The third-order valence-corrected chi connectivity index (χ3v) is 1.14. The van der Waals surface area contributed by atoms with Crippen LogP contribution in [-0.2, 0) is 4.74 Å². The van der Waals surface area contributed by atoms with E-state index in [1.54, 1.807) is 0 Å². The van der Waals surface area contributed by atoms with Gasteiger partial charge >= 0.3 is 11.6 Å². The molecule has 0 aromatic carbocycles. The van der Waals surface area contributed by atoms with Crippen molar-refractivity contribution in [2.45, 2.75) is 13.8 Å². The molecule has 4 heteroatoms. The third-order valence-electron chi connectivity index (χ3n) is 1.14. The Kier molecular flexibility index (Phi) is 5.27. The second kappa shape index (κ2) is 5.99. The molecule has 1 aromatic rings. The molecule has 0 unspecified atom stereocenters. The van der Waals surface area contributed by atoms with Gasteiger partial charge in [0.1, 0.15) is 5.56 Å². The Morgan fingerprint density at radius 1 is 1.46 bits per heavy atom. The number of carbonyl (C=O) groups excluding carboxylic acids is 1. The minimum Gasteiger partial charge on any atom is -0.465 e. The van der Waals surface area contributed by atoms with Crippen molar-refractivity contribution >= 4 is 5.97 Å². The lowest BCUT2D eigenvalue weighted by molar-refractivity contribution is 0.0595. The second-order valence-corrected chi connectivity index (χ2v) is 1.81. The van der Waals surface area contributed by atoms with Crippen LogP contribution in [0.2, 0.25) is 0 Å². The maximum atomic E-state index is 10.8. The minimum atomic E-state index is -0.681. The number of methoxy groups -OCH3 is 1. The van der Waals surface area contributed by atoms with Crippen LogP contribution >= 0.6 is 0 Å². The van der Waals surface area contributed by atoms with Crippen molar-refractivity contribution in [3.8, 4) is 0 Å². The van der Waals surface area contributed by atoms with E-state index in [4.69, 9.17) is 0 Å². The molecule has 1 aromatic heterocycles. The zero-order valence-corrected chi connectivity index (χ0v) is 7.87. The topological polar surface area (TPSA) is 56.5 Å². The van der Waals surface area contributed by atoms with Crippen LogP contribution in [0.3, 0.4) is 0 Å². The summed E-state index contributed by atoms with van der Waals surface area (Å²) < 4.78 is 8.74. The van der Waals surface area contributed by atoms with E-state index in [2.05, 4.69) is 9.15 Å². The van der Waals surface area contributed by atoms with Gasteiger partial charge in [-0.2, -0.15) is 0 Å². The molecule has 0 aliphatic rings. The standard InChI is InChI=1S/C7H6O4.C2H6/c1-10-6(8)5-3-2-4-11-7(5)9;1-2/h2-4H,1H3;1-2H3. The van der Waals surface area contributed by atoms with E-state index < -0.39 is 11.6 Å². The number of carbonyl (C=O) groups is 1. The summed E-state index contributed by atoms with van der Waals surface area (Å²) in [5, 5.41) is 0. The normalized spacial score (nSPS) is 8.23. The van der Waals surface area contributed by atoms with Crippen molar-refractivity contribution in [3.63, 3.8) is 0 Å². The summed E-state index contributed by atoms with van der Waals surface area (Å²) in [6.45, 7) is 4.00. The van der Waals surface area contributed by atoms with Crippen molar-refractivity contribution < 1.29 is 13.9 Å². The van der Waals surface area contributed by atoms with Crippen molar-refractivity contribution in [2.75, 3.05) is 7.11 Å². The van der Waals surface area contributed by atoms with Gasteiger partial charge in [0.15, 0.2) is 0 Å². The van der Waals surface area contributed by atoms with Gasteiger partial charge in [0.2, 0.25) is 0 Å². The Bertz CT molecular complexity index is 313. The Morgan fingerprint density at radius 2 is 2.08 bits per heavy atom. The summed E-state index contributed by atoms with van der Waals surface area (Å²) in [5.41, 5.74) is -0.769. The molecule has 0 N–H and O–H groups in total. The smallest absolute Gasteiger partial charge is 0.350 e. The van der Waals surface area contributed by atoms with Crippen molar-refractivity contribution in [1.29, 1.82) is 0 Å². The number of ether oxygens (including phenoxy) is 1. The van der Waals surface area contributed by atoms with Gasteiger partial charge in [-0.25, -0.2) is 9.59 Å². The van der Waals surface area contributed by atoms with Crippen LogP contribution in [0.15, 0.2) is 27.6 Å². The first-order chi connectivity index (χ1) is 6.25. The van der Waals surface area contributed by atoms with Gasteiger partial charge < -0.3 is 9.15 Å². The highest BCUT2D eigenvalue weighted by Crippen LogP contribution is 1.92. The van der Waals surface area contributed by atoms with Gasteiger partial charge in [-0.15, -0.1) is 0 Å². The van der Waals surface area contributed by atoms with Crippen LogP contribution in [0.4, 0.5) is 0 Å². The first kappa shape index (κ1) is 11.4. The molecule has 0 spiro atoms. The largest absolute Gasteiger partial charge is 0.465 e. The van der Waals surface area contributed by atoms with Crippen LogP contribution in [0, 0.1) is 0 Å². The molecule has 0 bridgehead atoms. The molecular weight excluding hydrogens is 172 g/mol. The fraction of sp³-hybridized carbons (Fsp3) is 0.333. The maximum Gasteiger partial charge on any atom is 0.350 e. The average molecular weight is 184 g/mol. The average Bonchev–Trinajstić information content (AvgIpc) is 2.20. The number of esters is 1. The summed E-state index contributed by atoms with van der Waals surface area (Å²) in [6, 6.07) is 2.80. The van der Waals surface area contributed by atoms with Gasteiger partial charge in [0.05, 0.1) is 13.4 Å². The van der Waals surface area contributed by atoms with Gasteiger partial charge in [-0.1, -0.05) is 13.8 Å². The van der Waals surface area contributed by atoms with E-state index in [9.17, 15) is 9.59 Å². The second-order valence-electron chi connectivity index (χ2n) is 1.81. The van der Waals surface area contributed by atoms with Gasteiger partial charge in [0.25, 0.3) is 0 Å². The monoisotopic (exact) mass is 184 g/mol. The highest BCUT2D eigenvalue weighted by Gasteiger charge is 2.09. The Labute approximate surface area is 76.1 Å². The van der Waals surface area contributed by atoms with E-state index >= 15 is 0 Å². The van der Waals surface area contributed by atoms with Crippen LogP contribution in [0.25, 0.3) is 0 Å². The molecule has 0 aliphatic carbocycles. The van der Waals surface area contributed by atoms with E-state index in [0.29, 0.717) is 0 Å². The van der Waals surface area contributed by atoms with Gasteiger partial charge in [0, 0.05) is 0 Å². The predicted octanol–water partition coefficient (Wildman–Crippen LogP) is 1.45. The summed E-state index contributed by atoms with van der Waals surface area (Å²) in [4.78, 5) is 21.5. The summed E-state index contributed by atoms with van der Waals surface area (Å²) in [6.07, 6.45) is 1.20. The lowest BCUT2D eigenvalue weighted by Gasteiger charge is -1.93. The molecule has 0 amide bonds. The zero-order chi connectivity index (χ0) is 10.3. The predicted molar refractivity (Wildman–Crippen MR) is 47.7 cm³/mol. The molecule has 0 saturated heterocycles. The summed E-state index contributed by atoms with van der Waals surface area (Å²) in [5.74, 6) is -0.681. The molecule has 1 rings (SSSR count). The molecule has 13 heavy (non-hydrogen) atoms. The molecule has 0 radical (unpaired) electrons. The minimum absolute atomic E-state index is 0.0880. The number of hydrogen-bond acceptors (Lipinski definition) is 4. The SMILES string of the molecule is CC.COC(=O)c1cccoc1=O. The molecule has 0 saturated carbocycles. The first-order valence-corrected chi connectivity index (χ1v) is 3.92. The van der Waals surface area contributed by atoms with E-state index in [1.807, 2.05) is 13.8 Å². The number of hydrogen-bond donors (Lipinski definition) is 0. The lowest BCUT2D eigenvalue weighted by atomic mass is 10.3. The first-order valence-electron chi connectivity index (χ1n) is 3.92. The van der Waals surface area contributed by atoms with E-state index in [1.165, 1.54) is 25.5 Å². The van der Waals surface area contributed by atoms with Crippen LogP contribution in [-0.4, -0.2) is 13.1 Å². The molecule has 1 heterocycles. The van der Waals surface area contributed by atoms with Crippen LogP contribution in [0.1, 0.15) is 24.2 Å². The highest BCUT2D eigenvalue weighted by atomic mass is 16.5.